The average Bonchev–Trinajstić information content (AvgIpc) is 1.87. The highest BCUT2D eigenvalue weighted by Crippen LogP contribution is 1.96. The van der Waals surface area contributed by atoms with E-state index in [-0.39, 0.29) is 12.2 Å². The summed E-state index contributed by atoms with van der Waals surface area (Å²) in [6, 6.07) is 0. The van der Waals surface area contributed by atoms with E-state index in [9.17, 15) is 0 Å². The van der Waals surface area contributed by atoms with E-state index in [0.717, 1.165) is 6.54 Å². The molecule has 0 aromatic carbocycles. The summed E-state index contributed by atoms with van der Waals surface area (Å²) in [4.78, 5) is 0. The predicted octanol–water partition coefficient (Wildman–Crippen LogP) is 0.646. The van der Waals surface area contributed by atoms with Crippen molar-refractivity contribution < 1.29 is 9.47 Å². The van der Waals surface area contributed by atoms with Crippen molar-refractivity contribution in [1.82, 2.24) is 5.32 Å². The lowest BCUT2D eigenvalue weighted by Gasteiger charge is -2.17. The van der Waals surface area contributed by atoms with Gasteiger partial charge in [0.2, 0.25) is 0 Å². The molecule has 0 aliphatic carbocycles. The van der Waals surface area contributed by atoms with Gasteiger partial charge in [0.1, 0.15) is 0 Å². The van der Waals surface area contributed by atoms with Gasteiger partial charge < -0.3 is 14.8 Å². The van der Waals surface area contributed by atoms with Crippen LogP contribution in [0.5, 0.6) is 0 Å². The minimum atomic E-state index is 0.184. The normalized spacial score (nSPS) is 16.4. The van der Waals surface area contributed by atoms with E-state index in [1.807, 2.05) is 20.9 Å². The summed E-state index contributed by atoms with van der Waals surface area (Å²) in [6.45, 7) is 5.60. The highest BCUT2D eigenvalue weighted by Gasteiger charge is 2.06. The second kappa shape index (κ2) is 6.58. The molecule has 0 bridgehead atoms. The number of methoxy groups -OCH3 is 1. The number of ether oxygens (including phenoxy) is 2. The first-order valence-corrected chi connectivity index (χ1v) is 3.99. The third-order valence-electron chi connectivity index (χ3n) is 1.36. The van der Waals surface area contributed by atoms with Crippen LogP contribution in [0, 0.1) is 0 Å². The Morgan fingerprint density at radius 2 is 1.91 bits per heavy atom. The number of hydrogen-bond acceptors (Lipinski definition) is 3. The van der Waals surface area contributed by atoms with Crippen molar-refractivity contribution in [2.45, 2.75) is 26.1 Å². The zero-order valence-corrected chi connectivity index (χ0v) is 7.89. The van der Waals surface area contributed by atoms with Gasteiger partial charge in [0.05, 0.1) is 18.8 Å². The van der Waals surface area contributed by atoms with Crippen LogP contribution in [-0.2, 0) is 9.47 Å². The molecule has 0 fully saturated rings. The molecule has 0 saturated carbocycles. The van der Waals surface area contributed by atoms with Crippen molar-refractivity contribution in [1.29, 1.82) is 0 Å². The average molecular weight is 161 g/mol. The van der Waals surface area contributed by atoms with Crippen LogP contribution in [0.2, 0.25) is 0 Å². The van der Waals surface area contributed by atoms with E-state index in [2.05, 4.69) is 5.32 Å². The molecule has 0 aromatic heterocycles. The molecule has 0 radical (unpaired) electrons. The third-order valence-corrected chi connectivity index (χ3v) is 1.36. The Bertz CT molecular complexity index is 78.2. The van der Waals surface area contributed by atoms with E-state index in [1.165, 1.54) is 0 Å². The first kappa shape index (κ1) is 10.9. The number of nitrogens with one attached hydrogen (secondary N) is 1. The van der Waals surface area contributed by atoms with E-state index >= 15 is 0 Å². The third kappa shape index (κ3) is 6.28. The van der Waals surface area contributed by atoms with Crippen molar-refractivity contribution in [2.24, 2.45) is 0 Å². The first-order chi connectivity index (χ1) is 5.20. The van der Waals surface area contributed by atoms with Gasteiger partial charge in [0.15, 0.2) is 0 Å². The largest absolute Gasteiger partial charge is 0.382 e. The van der Waals surface area contributed by atoms with Crippen LogP contribution in [0.1, 0.15) is 13.8 Å². The van der Waals surface area contributed by atoms with Crippen LogP contribution in [0.3, 0.4) is 0 Å². The van der Waals surface area contributed by atoms with Crippen molar-refractivity contribution >= 4 is 0 Å². The smallest absolute Gasteiger partial charge is 0.0784 e. The number of hydrogen-bond donors (Lipinski definition) is 1. The molecule has 0 spiro atoms. The zero-order valence-electron chi connectivity index (χ0n) is 7.89. The second-order valence-corrected chi connectivity index (χ2v) is 2.77. The Balaban J connectivity index is 3.32. The van der Waals surface area contributed by atoms with Gasteiger partial charge in [-0.1, -0.05) is 0 Å². The molecule has 0 rings (SSSR count). The van der Waals surface area contributed by atoms with Crippen LogP contribution in [0.4, 0.5) is 0 Å². The molecular formula is C8H19NO2. The van der Waals surface area contributed by atoms with Crippen molar-refractivity contribution in [3.8, 4) is 0 Å². The lowest BCUT2D eigenvalue weighted by molar-refractivity contribution is -0.0294. The molecule has 2 atom stereocenters. The summed E-state index contributed by atoms with van der Waals surface area (Å²) >= 11 is 0. The van der Waals surface area contributed by atoms with Gasteiger partial charge in [-0.05, 0) is 20.9 Å². The highest BCUT2D eigenvalue weighted by atomic mass is 16.5. The van der Waals surface area contributed by atoms with Gasteiger partial charge in [-0.2, -0.15) is 0 Å². The van der Waals surface area contributed by atoms with E-state index in [4.69, 9.17) is 9.47 Å². The summed E-state index contributed by atoms with van der Waals surface area (Å²) < 4.78 is 10.5. The van der Waals surface area contributed by atoms with E-state index in [0.29, 0.717) is 6.61 Å². The monoisotopic (exact) mass is 161 g/mol. The quantitative estimate of drug-likeness (QED) is 0.620. The molecule has 0 aromatic rings. The fraction of sp³-hybridized carbons (Fsp3) is 1.00. The van der Waals surface area contributed by atoms with Crippen molar-refractivity contribution in [3.05, 3.63) is 0 Å². The SMILES string of the molecule is CNCC(C)OC(C)COC. The fourth-order valence-corrected chi connectivity index (χ4v) is 1.01. The van der Waals surface area contributed by atoms with Crippen LogP contribution in [0.25, 0.3) is 0 Å². The molecule has 0 heterocycles. The summed E-state index contributed by atoms with van der Waals surface area (Å²) in [5.41, 5.74) is 0. The minimum absolute atomic E-state index is 0.184. The second-order valence-electron chi connectivity index (χ2n) is 2.77. The van der Waals surface area contributed by atoms with Crippen LogP contribution in [-0.4, -0.2) is 39.5 Å². The molecule has 68 valence electrons. The predicted molar refractivity (Wildman–Crippen MR) is 45.8 cm³/mol. The van der Waals surface area contributed by atoms with Gasteiger partial charge >= 0.3 is 0 Å². The van der Waals surface area contributed by atoms with Crippen LogP contribution >= 0.6 is 0 Å². The maximum Gasteiger partial charge on any atom is 0.0784 e. The van der Waals surface area contributed by atoms with Gasteiger partial charge in [-0.25, -0.2) is 0 Å². The van der Waals surface area contributed by atoms with E-state index in [1.54, 1.807) is 7.11 Å². The Morgan fingerprint density at radius 1 is 1.27 bits per heavy atom. The summed E-state index contributed by atoms with van der Waals surface area (Å²) in [5.74, 6) is 0. The molecule has 0 saturated heterocycles. The van der Waals surface area contributed by atoms with E-state index < -0.39 is 0 Å². The number of likely N-dealkylation sites (N-methyl/N-ethyl adjacent to an activating group) is 1. The topological polar surface area (TPSA) is 30.5 Å². The van der Waals surface area contributed by atoms with Gasteiger partial charge in [-0.3, -0.25) is 0 Å². The molecule has 0 amide bonds. The highest BCUT2D eigenvalue weighted by molar-refractivity contribution is 4.55. The lowest BCUT2D eigenvalue weighted by atomic mass is 10.3. The molecule has 2 unspecified atom stereocenters. The maximum atomic E-state index is 5.54. The van der Waals surface area contributed by atoms with Gasteiger partial charge in [-0.15, -0.1) is 0 Å². The molecule has 3 heteroatoms. The summed E-state index contributed by atoms with van der Waals surface area (Å²) in [7, 11) is 3.60. The van der Waals surface area contributed by atoms with Crippen LogP contribution in [0.15, 0.2) is 0 Å². The molecular weight excluding hydrogens is 142 g/mol. The number of rotatable bonds is 6. The Hall–Kier alpha value is -0.120. The fourth-order valence-electron chi connectivity index (χ4n) is 1.01. The Labute approximate surface area is 69.1 Å². The van der Waals surface area contributed by atoms with Crippen LogP contribution < -0.4 is 5.32 Å². The molecule has 3 nitrogen and oxygen atoms in total. The lowest BCUT2D eigenvalue weighted by Crippen LogP contribution is -2.29. The Morgan fingerprint density at radius 3 is 2.36 bits per heavy atom. The summed E-state index contributed by atoms with van der Waals surface area (Å²) in [6.07, 6.45) is 0.438. The molecule has 1 N–H and O–H groups in total. The van der Waals surface area contributed by atoms with Gasteiger partial charge in [0, 0.05) is 13.7 Å². The maximum absolute atomic E-state index is 5.54. The molecule has 11 heavy (non-hydrogen) atoms. The molecule has 0 aliphatic rings. The van der Waals surface area contributed by atoms with Crippen molar-refractivity contribution in [2.75, 3.05) is 27.3 Å². The zero-order chi connectivity index (χ0) is 8.69. The first-order valence-electron chi connectivity index (χ1n) is 3.99. The summed E-state index contributed by atoms with van der Waals surface area (Å²) in [5, 5.41) is 3.05. The minimum Gasteiger partial charge on any atom is -0.382 e. The standard InChI is InChI=1S/C8H19NO2/c1-7(5-9-3)11-8(2)6-10-4/h7-9H,5-6H2,1-4H3. The Kier molecular flexibility index (Phi) is 6.51. The van der Waals surface area contributed by atoms with Gasteiger partial charge in [0.25, 0.3) is 0 Å². The molecule has 0 aliphatic heterocycles. The van der Waals surface area contributed by atoms with Crippen molar-refractivity contribution in [3.63, 3.8) is 0 Å².